The van der Waals surface area contributed by atoms with Gasteiger partial charge < -0.3 is 14.7 Å². The molecule has 0 spiro atoms. The van der Waals surface area contributed by atoms with Crippen LogP contribution < -0.4 is 0 Å². The van der Waals surface area contributed by atoms with Crippen molar-refractivity contribution in [1.29, 1.82) is 0 Å². The molecule has 1 unspecified atom stereocenters. The van der Waals surface area contributed by atoms with Crippen LogP contribution in [0.1, 0.15) is 24.3 Å². The molecule has 6 heteroatoms. The van der Waals surface area contributed by atoms with Crippen LogP contribution in [0.4, 0.5) is 0 Å². The molecule has 1 atom stereocenters. The summed E-state index contributed by atoms with van der Waals surface area (Å²) in [5, 5.41) is 10.9. The van der Waals surface area contributed by atoms with Gasteiger partial charge in [-0.15, -0.1) is 11.3 Å². The second-order valence-corrected chi connectivity index (χ2v) is 5.46. The molecule has 2 rings (SSSR count). The van der Waals surface area contributed by atoms with Crippen molar-refractivity contribution in [2.45, 2.75) is 25.6 Å². The summed E-state index contributed by atoms with van der Waals surface area (Å²) in [5.74, 6) is -0.0962. The lowest BCUT2D eigenvalue weighted by molar-refractivity contribution is -0.139. The summed E-state index contributed by atoms with van der Waals surface area (Å²) in [6.45, 7) is 4.67. The Balaban J connectivity index is 2.12. The number of hydrogen-bond acceptors (Lipinski definition) is 5. The highest BCUT2D eigenvalue weighted by Gasteiger charge is 2.35. The molecule has 1 saturated heterocycles. The van der Waals surface area contributed by atoms with Crippen molar-refractivity contribution < 1.29 is 14.6 Å². The van der Waals surface area contributed by atoms with Crippen LogP contribution in [0.2, 0.25) is 0 Å². The van der Waals surface area contributed by atoms with E-state index in [0.717, 1.165) is 0 Å². The van der Waals surface area contributed by atoms with Crippen LogP contribution in [0.15, 0.2) is 10.9 Å². The predicted molar refractivity (Wildman–Crippen MR) is 64.1 cm³/mol. The molecule has 0 radical (unpaired) electrons. The molecule has 0 aliphatic carbocycles. The van der Waals surface area contributed by atoms with Crippen LogP contribution >= 0.6 is 11.3 Å². The number of aliphatic hydroxyl groups is 1. The molecule has 1 aliphatic heterocycles. The van der Waals surface area contributed by atoms with Crippen molar-refractivity contribution in [3.63, 3.8) is 0 Å². The van der Waals surface area contributed by atoms with Crippen molar-refractivity contribution in [3.8, 4) is 0 Å². The molecular formula is C11H16N2O3S. The van der Waals surface area contributed by atoms with E-state index >= 15 is 0 Å². The molecule has 2 heterocycles. The van der Waals surface area contributed by atoms with Crippen molar-refractivity contribution >= 4 is 17.2 Å². The first-order valence-electron chi connectivity index (χ1n) is 5.48. The van der Waals surface area contributed by atoms with Crippen LogP contribution in [-0.4, -0.2) is 52.3 Å². The van der Waals surface area contributed by atoms with Crippen molar-refractivity contribution in [2.75, 3.05) is 19.7 Å². The molecule has 1 aliphatic rings. The molecule has 0 saturated carbocycles. The quantitative estimate of drug-likeness (QED) is 0.848. The first-order chi connectivity index (χ1) is 8.02. The van der Waals surface area contributed by atoms with E-state index in [1.807, 2.05) is 13.8 Å². The summed E-state index contributed by atoms with van der Waals surface area (Å²) in [6, 6.07) is 0. The van der Waals surface area contributed by atoms with E-state index in [4.69, 9.17) is 4.74 Å². The molecule has 1 aromatic rings. The van der Waals surface area contributed by atoms with Gasteiger partial charge in [0.05, 0.1) is 23.8 Å². The van der Waals surface area contributed by atoms with Crippen molar-refractivity contribution in [3.05, 3.63) is 16.6 Å². The largest absolute Gasteiger partial charge is 0.394 e. The maximum atomic E-state index is 12.1. The summed E-state index contributed by atoms with van der Waals surface area (Å²) >= 11 is 1.40. The maximum absolute atomic E-state index is 12.1. The fraction of sp³-hybridized carbons (Fsp3) is 0.636. The number of thiazole rings is 1. The Bertz CT molecular complexity index is 391. The summed E-state index contributed by atoms with van der Waals surface area (Å²) in [5.41, 5.74) is 1.67. The maximum Gasteiger partial charge on any atom is 0.273 e. The van der Waals surface area contributed by atoms with Gasteiger partial charge in [0, 0.05) is 18.5 Å². The Kier molecular flexibility index (Phi) is 3.46. The topological polar surface area (TPSA) is 62.7 Å². The zero-order valence-corrected chi connectivity index (χ0v) is 10.7. The van der Waals surface area contributed by atoms with Crippen molar-refractivity contribution in [2.24, 2.45) is 0 Å². The zero-order chi connectivity index (χ0) is 12.5. The predicted octanol–water partition coefficient (Wildman–Crippen LogP) is 0.755. The number of hydrogen-bond donors (Lipinski definition) is 1. The van der Waals surface area contributed by atoms with Crippen LogP contribution in [0, 0.1) is 0 Å². The number of morpholine rings is 1. The minimum atomic E-state index is -0.433. The van der Waals surface area contributed by atoms with E-state index in [9.17, 15) is 9.90 Å². The van der Waals surface area contributed by atoms with E-state index in [1.165, 1.54) is 11.3 Å². The van der Waals surface area contributed by atoms with Crippen LogP contribution in [0.25, 0.3) is 0 Å². The molecule has 1 N–H and O–H groups in total. The number of aromatic nitrogens is 1. The average molecular weight is 256 g/mol. The molecule has 17 heavy (non-hydrogen) atoms. The molecule has 1 fully saturated rings. The first-order valence-corrected chi connectivity index (χ1v) is 6.42. The summed E-state index contributed by atoms with van der Waals surface area (Å²) < 4.78 is 5.66. The molecular weight excluding hydrogens is 240 g/mol. The Morgan fingerprint density at radius 2 is 2.53 bits per heavy atom. The van der Waals surface area contributed by atoms with E-state index < -0.39 is 5.60 Å². The third-order valence-electron chi connectivity index (χ3n) is 2.62. The highest BCUT2D eigenvalue weighted by molar-refractivity contribution is 7.07. The monoisotopic (exact) mass is 256 g/mol. The van der Waals surface area contributed by atoms with Crippen LogP contribution in [0.5, 0.6) is 0 Å². The van der Waals surface area contributed by atoms with Gasteiger partial charge in [-0.25, -0.2) is 4.98 Å². The third kappa shape index (κ3) is 2.83. The van der Waals surface area contributed by atoms with Crippen molar-refractivity contribution in [1.82, 2.24) is 9.88 Å². The Labute approximate surface area is 104 Å². The highest BCUT2D eigenvalue weighted by atomic mass is 32.1. The number of carbonyl (C=O) groups excluding carboxylic acids is 1. The summed E-state index contributed by atoms with van der Waals surface area (Å²) in [7, 11) is 0. The second-order valence-electron chi connectivity index (χ2n) is 4.74. The van der Waals surface area contributed by atoms with Crippen LogP contribution in [-0.2, 0) is 4.74 Å². The molecule has 94 valence electrons. The van der Waals surface area contributed by atoms with Gasteiger partial charge in [-0.1, -0.05) is 0 Å². The lowest BCUT2D eigenvalue weighted by atomic mass is 10.1. The van der Waals surface area contributed by atoms with E-state index in [0.29, 0.717) is 18.8 Å². The SMILES string of the molecule is CC1(C)CN(C(=O)c2cscn2)CC(CO)O1. The first kappa shape index (κ1) is 12.5. The fourth-order valence-electron chi connectivity index (χ4n) is 2.03. The van der Waals surface area contributed by atoms with Crippen LogP contribution in [0.3, 0.4) is 0 Å². The highest BCUT2D eigenvalue weighted by Crippen LogP contribution is 2.22. The number of nitrogens with zero attached hydrogens (tertiary/aromatic N) is 2. The second kappa shape index (κ2) is 4.72. The standard InChI is InChI=1S/C11H16N2O3S/c1-11(2)6-13(3-8(4-14)16-11)10(15)9-5-17-7-12-9/h5,7-8,14H,3-4,6H2,1-2H3. The van der Waals surface area contributed by atoms with Gasteiger partial charge in [0.25, 0.3) is 5.91 Å². The number of ether oxygens (including phenoxy) is 1. The number of amides is 1. The molecule has 1 amide bonds. The summed E-state index contributed by atoms with van der Waals surface area (Å²) in [4.78, 5) is 17.9. The Hall–Kier alpha value is -0.980. The zero-order valence-electron chi connectivity index (χ0n) is 9.92. The van der Waals surface area contributed by atoms with Gasteiger partial charge >= 0.3 is 0 Å². The Morgan fingerprint density at radius 1 is 1.76 bits per heavy atom. The molecule has 5 nitrogen and oxygen atoms in total. The molecule has 1 aromatic heterocycles. The number of carbonyl (C=O) groups is 1. The third-order valence-corrected chi connectivity index (χ3v) is 3.21. The van der Waals surface area contributed by atoms with Gasteiger partial charge in [-0.3, -0.25) is 4.79 Å². The summed E-state index contributed by atoms with van der Waals surface area (Å²) in [6.07, 6.45) is -0.318. The normalized spacial score (nSPS) is 23.7. The molecule has 0 bridgehead atoms. The number of rotatable bonds is 2. The Morgan fingerprint density at radius 3 is 3.12 bits per heavy atom. The number of aliphatic hydroxyl groups excluding tert-OH is 1. The van der Waals surface area contributed by atoms with E-state index in [2.05, 4.69) is 4.98 Å². The van der Waals surface area contributed by atoms with Gasteiger partial charge in [0.1, 0.15) is 5.69 Å². The lowest BCUT2D eigenvalue weighted by Gasteiger charge is -2.42. The van der Waals surface area contributed by atoms with Gasteiger partial charge in [0.2, 0.25) is 0 Å². The van der Waals surface area contributed by atoms with E-state index in [1.54, 1.807) is 15.8 Å². The van der Waals surface area contributed by atoms with Gasteiger partial charge in [0.15, 0.2) is 0 Å². The average Bonchev–Trinajstić information content (AvgIpc) is 2.79. The van der Waals surface area contributed by atoms with Gasteiger partial charge in [-0.2, -0.15) is 0 Å². The molecule has 0 aromatic carbocycles. The smallest absolute Gasteiger partial charge is 0.273 e. The fourth-order valence-corrected chi connectivity index (χ4v) is 2.55. The lowest BCUT2D eigenvalue weighted by Crippen LogP contribution is -2.55. The minimum absolute atomic E-state index is 0.0791. The minimum Gasteiger partial charge on any atom is -0.394 e. The van der Waals surface area contributed by atoms with E-state index in [-0.39, 0.29) is 18.6 Å². The van der Waals surface area contributed by atoms with Gasteiger partial charge in [-0.05, 0) is 13.8 Å².